The molecule has 20 heavy (non-hydrogen) atoms. The third-order valence-corrected chi connectivity index (χ3v) is 4.32. The molecule has 0 fully saturated rings. The Morgan fingerprint density at radius 3 is 2.65 bits per heavy atom. The average molecular weight is 263 g/mol. The largest absolute Gasteiger partial charge is 0.395 e. The van der Waals surface area contributed by atoms with Gasteiger partial charge in [0.15, 0.2) is 0 Å². The monoisotopic (exact) mass is 263 g/mol. The Morgan fingerprint density at radius 1 is 0.950 bits per heavy atom. The minimum atomic E-state index is 0.174. The highest BCUT2D eigenvalue weighted by atomic mass is 16.3. The Morgan fingerprint density at radius 2 is 1.75 bits per heavy atom. The van der Waals surface area contributed by atoms with E-state index < -0.39 is 0 Å². The van der Waals surface area contributed by atoms with Crippen molar-refractivity contribution in [2.75, 3.05) is 6.61 Å². The molecule has 1 aromatic heterocycles. The topological polar surface area (TPSA) is 25.2 Å². The van der Waals surface area contributed by atoms with Crippen LogP contribution in [-0.2, 0) is 19.4 Å². The van der Waals surface area contributed by atoms with Crippen LogP contribution in [0.2, 0.25) is 0 Å². The minimum absolute atomic E-state index is 0.174. The molecule has 0 unspecified atom stereocenters. The van der Waals surface area contributed by atoms with Crippen molar-refractivity contribution in [1.29, 1.82) is 0 Å². The number of aryl methyl sites for hydroxylation is 2. The average Bonchev–Trinajstić information content (AvgIpc) is 2.83. The molecular weight excluding hydrogens is 246 g/mol. The van der Waals surface area contributed by atoms with Crippen LogP contribution in [0.3, 0.4) is 0 Å². The zero-order valence-electron chi connectivity index (χ0n) is 11.3. The maximum Gasteiger partial charge on any atom is 0.0610 e. The van der Waals surface area contributed by atoms with Gasteiger partial charge in [0.25, 0.3) is 0 Å². The Kier molecular flexibility index (Phi) is 2.64. The summed E-state index contributed by atoms with van der Waals surface area (Å²) in [5.74, 6) is 0. The van der Waals surface area contributed by atoms with Crippen molar-refractivity contribution < 1.29 is 5.11 Å². The quantitative estimate of drug-likeness (QED) is 0.753. The normalized spacial score (nSPS) is 13.2. The number of rotatable bonds is 2. The lowest BCUT2D eigenvalue weighted by molar-refractivity contribution is 0.278. The van der Waals surface area contributed by atoms with Crippen LogP contribution in [0.1, 0.15) is 11.1 Å². The van der Waals surface area contributed by atoms with Crippen molar-refractivity contribution in [3.05, 3.63) is 59.7 Å². The molecule has 2 nitrogen and oxygen atoms in total. The Labute approximate surface area is 118 Å². The highest BCUT2D eigenvalue weighted by Gasteiger charge is 2.23. The smallest absolute Gasteiger partial charge is 0.0610 e. The predicted molar refractivity (Wildman–Crippen MR) is 81.9 cm³/mol. The number of fused-ring (bicyclic) bond motifs is 5. The summed E-state index contributed by atoms with van der Waals surface area (Å²) < 4.78 is 2.28. The van der Waals surface area contributed by atoms with Crippen LogP contribution in [0, 0.1) is 0 Å². The second kappa shape index (κ2) is 4.50. The summed E-state index contributed by atoms with van der Waals surface area (Å²) in [5.41, 5.74) is 6.73. The maximum atomic E-state index is 9.43. The second-order valence-corrected chi connectivity index (χ2v) is 5.38. The van der Waals surface area contributed by atoms with E-state index in [1.807, 2.05) is 0 Å². The molecule has 0 bridgehead atoms. The zero-order chi connectivity index (χ0) is 13.5. The molecule has 1 heterocycles. The Hall–Kier alpha value is -2.06. The molecule has 2 aromatic carbocycles. The first-order valence-electron chi connectivity index (χ1n) is 7.19. The number of aliphatic hydroxyl groups is 1. The molecular formula is C18H17NO. The number of hydrogen-bond acceptors (Lipinski definition) is 1. The molecule has 0 radical (unpaired) electrons. The van der Waals surface area contributed by atoms with Crippen molar-refractivity contribution >= 4 is 10.9 Å². The van der Waals surface area contributed by atoms with Crippen LogP contribution >= 0.6 is 0 Å². The fourth-order valence-corrected chi connectivity index (χ4v) is 3.50. The van der Waals surface area contributed by atoms with E-state index in [2.05, 4.69) is 53.1 Å². The second-order valence-electron chi connectivity index (χ2n) is 5.38. The molecule has 0 amide bonds. The molecule has 0 spiro atoms. The molecule has 0 saturated carbocycles. The first kappa shape index (κ1) is 11.7. The van der Waals surface area contributed by atoms with Crippen LogP contribution < -0.4 is 0 Å². The van der Waals surface area contributed by atoms with Crippen molar-refractivity contribution in [2.45, 2.75) is 19.4 Å². The molecule has 2 heteroatoms. The summed E-state index contributed by atoms with van der Waals surface area (Å²) in [5, 5.41) is 10.8. The summed E-state index contributed by atoms with van der Waals surface area (Å²) in [4.78, 5) is 0. The molecule has 100 valence electrons. The van der Waals surface area contributed by atoms with Gasteiger partial charge in [-0.1, -0.05) is 42.5 Å². The lowest BCUT2D eigenvalue weighted by Gasteiger charge is -2.19. The molecule has 0 saturated heterocycles. The fraction of sp³-hybridized carbons (Fsp3) is 0.222. The van der Waals surface area contributed by atoms with Crippen LogP contribution in [0.5, 0.6) is 0 Å². The van der Waals surface area contributed by atoms with E-state index in [0.717, 1.165) is 12.8 Å². The molecule has 0 aliphatic heterocycles. The standard InChI is InChI=1S/C18H17NO/c20-12-11-19-17-8-4-3-7-15(17)16-10-9-13-5-1-2-6-14(13)18(16)19/h1-8,20H,9-12H2. The van der Waals surface area contributed by atoms with Gasteiger partial charge in [0.1, 0.15) is 0 Å². The summed E-state index contributed by atoms with van der Waals surface area (Å²) in [7, 11) is 0. The van der Waals surface area contributed by atoms with Gasteiger partial charge in [-0.3, -0.25) is 0 Å². The number of aliphatic hydroxyl groups excluding tert-OH is 1. The van der Waals surface area contributed by atoms with Gasteiger partial charge in [0.05, 0.1) is 12.3 Å². The molecule has 3 aromatic rings. The zero-order valence-corrected chi connectivity index (χ0v) is 11.3. The van der Waals surface area contributed by atoms with Gasteiger partial charge in [0, 0.05) is 23.0 Å². The summed E-state index contributed by atoms with van der Waals surface area (Å²) in [6.45, 7) is 0.831. The van der Waals surface area contributed by atoms with Crippen LogP contribution in [0.15, 0.2) is 48.5 Å². The van der Waals surface area contributed by atoms with Gasteiger partial charge in [-0.2, -0.15) is 0 Å². The first-order valence-corrected chi connectivity index (χ1v) is 7.19. The number of aromatic nitrogens is 1. The van der Waals surface area contributed by atoms with Crippen LogP contribution in [-0.4, -0.2) is 16.3 Å². The van der Waals surface area contributed by atoms with E-state index in [0.29, 0.717) is 6.54 Å². The van der Waals surface area contributed by atoms with E-state index in [-0.39, 0.29) is 6.61 Å². The summed E-state index contributed by atoms with van der Waals surface area (Å²) >= 11 is 0. The lowest BCUT2D eigenvalue weighted by atomic mass is 9.89. The highest BCUT2D eigenvalue weighted by molar-refractivity contribution is 5.93. The lowest BCUT2D eigenvalue weighted by Crippen LogP contribution is -2.09. The SMILES string of the molecule is OCCn1c2c(c3ccccc31)CCc1ccccc1-2. The molecule has 1 N–H and O–H groups in total. The first-order chi connectivity index (χ1) is 9.90. The number of para-hydroxylation sites is 1. The van der Waals surface area contributed by atoms with Crippen molar-refractivity contribution in [3.63, 3.8) is 0 Å². The third kappa shape index (κ3) is 1.55. The van der Waals surface area contributed by atoms with Crippen LogP contribution in [0.25, 0.3) is 22.2 Å². The fourth-order valence-electron chi connectivity index (χ4n) is 3.50. The van der Waals surface area contributed by atoms with Crippen molar-refractivity contribution in [3.8, 4) is 11.3 Å². The van der Waals surface area contributed by atoms with Gasteiger partial charge in [-0.05, 0) is 30.0 Å². The van der Waals surface area contributed by atoms with E-state index in [9.17, 15) is 5.11 Å². The van der Waals surface area contributed by atoms with E-state index in [4.69, 9.17) is 0 Å². The molecule has 1 aliphatic rings. The molecule has 0 atom stereocenters. The highest BCUT2D eigenvalue weighted by Crippen LogP contribution is 2.39. The van der Waals surface area contributed by atoms with E-state index in [1.165, 1.54) is 33.3 Å². The number of benzene rings is 2. The predicted octanol–water partition coefficient (Wildman–Crippen LogP) is 3.40. The third-order valence-electron chi connectivity index (χ3n) is 4.32. The van der Waals surface area contributed by atoms with Crippen LogP contribution in [0.4, 0.5) is 0 Å². The number of hydrogen-bond donors (Lipinski definition) is 1. The summed E-state index contributed by atoms with van der Waals surface area (Å²) in [6, 6.07) is 17.2. The molecule has 4 rings (SSSR count). The maximum absolute atomic E-state index is 9.43. The van der Waals surface area contributed by atoms with Crippen molar-refractivity contribution in [2.24, 2.45) is 0 Å². The van der Waals surface area contributed by atoms with Gasteiger partial charge in [0.2, 0.25) is 0 Å². The summed E-state index contributed by atoms with van der Waals surface area (Å²) in [6.07, 6.45) is 2.20. The number of nitrogens with zero attached hydrogens (tertiary/aromatic N) is 1. The van der Waals surface area contributed by atoms with E-state index in [1.54, 1.807) is 0 Å². The van der Waals surface area contributed by atoms with E-state index >= 15 is 0 Å². The van der Waals surface area contributed by atoms with Gasteiger partial charge < -0.3 is 9.67 Å². The van der Waals surface area contributed by atoms with Gasteiger partial charge in [-0.15, -0.1) is 0 Å². The molecule has 1 aliphatic carbocycles. The van der Waals surface area contributed by atoms with Gasteiger partial charge in [-0.25, -0.2) is 0 Å². The van der Waals surface area contributed by atoms with Gasteiger partial charge >= 0.3 is 0 Å². The van der Waals surface area contributed by atoms with Crippen molar-refractivity contribution in [1.82, 2.24) is 4.57 Å². The Bertz CT molecular complexity index is 785. The Balaban J connectivity index is 2.10. The minimum Gasteiger partial charge on any atom is -0.395 e.